The minimum atomic E-state index is -0.332. The SMILES string of the molecule is COc1ccc(-c2c3c([nH]c(=O)c2C#N)CCCC3)c(OC)c1. The van der Waals surface area contributed by atoms with Crippen LogP contribution in [0.15, 0.2) is 23.0 Å². The average molecular weight is 310 g/mol. The van der Waals surface area contributed by atoms with Crippen molar-refractivity contribution in [1.82, 2.24) is 4.98 Å². The monoisotopic (exact) mass is 310 g/mol. The second-order valence-corrected chi connectivity index (χ2v) is 5.55. The molecule has 0 aliphatic heterocycles. The standard InChI is InChI=1S/C18H18N2O3/c1-22-11-7-8-13(16(9-11)23-2)17-12-5-3-4-6-15(12)20-18(21)14(17)10-19/h7-9H,3-6H2,1-2H3,(H,20,21). The molecule has 0 saturated heterocycles. The summed E-state index contributed by atoms with van der Waals surface area (Å²) in [5.41, 5.74) is 3.26. The van der Waals surface area contributed by atoms with E-state index in [9.17, 15) is 10.1 Å². The second kappa shape index (κ2) is 6.17. The summed E-state index contributed by atoms with van der Waals surface area (Å²) in [4.78, 5) is 15.2. The lowest BCUT2D eigenvalue weighted by Crippen LogP contribution is -2.20. The first-order chi connectivity index (χ1) is 11.2. The van der Waals surface area contributed by atoms with E-state index in [1.54, 1.807) is 20.3 Å². The minimum Gasteiger partial charge on any atom is -0.497 e. The zero-order valence-corrected chi connectivity index (χ0v) is 13.2. The molecule has 0 unspecified atom stereocenters. The molecule has 1 N–H and O–H groups in total. The molecule has 1 aliphatic rings. The number of methoxy groups -OCH3 is 2. The Morgan fingerprint density at radius 3 is 2.65 bits per heavy atom. The van der Waals surface area contributed by atoms with Crippen molar-refractivity contribution in [3.05, 3.63) is 45.4 Å². The number of H-pyrrole nitrogens is 1. The highest BCUT2D eigenvalue weighted by atomic mass is 16.5. The Bertz CT molecular complexity index is 847. The number of hydrogen-bond donors (Lipinski definition) is 1. The van der Waals surface area contributed by atoms with Crippen LogP contribution in [0.4, 0.5) is 0 Å². The van der Waals surface area contributed by atoms with E-state index in [0.717, 1.165) is 42.5 Å². The molecule has 23 heavy (non-hydrogen) atoms. The van der Waals surface area contributed by atoms with Crippen LogP contribution in [0.1, 0.15) is 29.7 Å². The molecular formula is C18H18N2O3. The molecule has 118 valence electrons. The molecule has 2 aromatic rings. The van der Waals surface area contributed by atoms with Gasteiger partial charge < -0.3 is 14.5 Å². The molecule has 5 heteroatoms. The number of rotatable bonds is 3. The third kappa shape index (κ3) is 2.57. The Hall–Kier alpha value is -2.74. The van der Waals surface area contributed by atoms with Crippen LogP contribution < -0.4 is 15.0 Å². The summed E-state index contributed by atoms with van der Waals surface area (Å²) in [5.74, 6) is 1.27. The summed E-state index contributed by atoms with van der Waals surface area (Å²) in [5, 5.41) is 9.49. The molecule has 1 heterocycles. The first-order valence-electron chi connectivity index (χ1n) is 7.60. The van der Waals surface area contributed by atoms with Crippen LogP contribution in [-0.2, 0) is 12.8 Å². The van der Waals surface area contributed by atoms with E-state index < -0.39 is 0 Å². The lowest BCUT2D eigenvalue weighted by molar-refractivity contribution is 0.395. The van der Waals surface area contributed by atoms with Gasteiger partial charge >= 0.3 is 0 Å². The van der Waals surface area contributed by atoms with Crippen molar-refractivity contribution in [2.75, 3.05) is 14.2 Å². The summed E-state index contributed by atoms with van der Waals surface area (Å²) in [6.07, 6.45) is 3.79. The largest absolute Gasteiger partial charge is 0.497 e. The first-order valence-corrected chi connectivity index (χ1v) is 7.60. The molecule has 1 aromatic carbocycles. The number of aryl methyl sites for hydroxylation is 1. The van der Waals surface area contributed by atoms with Crippen LogP contribution in [0, 0.1) is 11.3 Å². The summed E-state index contributed by atoms with van der Waals surface area (Å²) < 4.78 is 10.7. The first kappa shape index (κ1) is 15.2. The number of pyridine rings is 1. The number of nitriles is 1. The van der Waals surface area contributed by atoms with Crippen molar-refractivity contribution in [2.24, 2.45) is 0 Å². The minimum absolute atomic E-state index is 0.147. The molecular weight excluding hydrogens is 292 g/mol. The maximum absolute atomic E-state index is 12.3. The number of ether oxygens (including phenoxy) is 2. The fourth-order valence-corrected chi connectivity index (χ4v) is 3.19. The summed E-state index contributed by atoms with van der Waals surface area (Å²) in [6, 6.07) is 7.50. The van der Waals surface area contributed by atoms with Crippen molar-refractivity contribution in [3.8, 4) is 28.7 Å². The van der Waals surface area contributed by atoms with Gasteiger partial charge in [-0.25, -0.2) is 0 Å². The third-order valence-corrected chi connectivity index (χ3v) is 4.30. The number of fused-ring (bicyclic) bond motifs is 1. The molecule has 0 radical (unpaired) electrons. The number of aromatic nitrogens is 1. The number of nitrogens with one attached hydrogen (secondary N) is 1. The molecule has 5 nitrogen and oxygen atoms in total. The van der Waals surface area contributed by atoms with Crippen LogP contribution in [0.2, 0.25) is 0 Å². The molecule has 3 rings (SSSR count). The average Bonchev–Trinajstić information content (AvgIpc) is 2.60. The van der Waals surface area contributed by atoms with Crippen LogP contribution in [0.25, 0.3) is 11.1 Å². The van der Waals surface area contributed by atoms with Gasteiger partial charge in [0.1, 0.15) is 23.1 Å². The summed E-state index contributed by atoms with van der Waals surface area (Å²) >= 11 is 0. The van der Waals surface area contributed by atoms with Crippen molar-refractivity contribution < 1.29 is 9.47 Å². The fraction of sp³-hybridized carbons (Fsp3) is 0.333. The number of benzene rings is 1. The Morgan fingerprint density at radius 2 is 1.96 bits per heavy atom. The van der Waals surface area contributed by atoms with Gasteiger partial charge in [0.15, 0.2) is 0 Å². The molecule has 1 aromatic heterocycles. The summed E-state index contributed by atoms with van der Waals surface area (Å²) in [6.45, 7) is 0. The zero-order chi connectivity index (χ0) is 16.4. The highest BCUT2D eigenvalue weighted by Crippen LogP contribution is 2.38. The zero-order valence-electron chi connectivity index (χ0n) is 13.2. The number of aromatic amines is 1. The van der Waals surface area contributed by atoms with E-state index in [-0.39, 0.29) is 11.1 Å². The van der Waals surface area contributed by atoms with Gasteiger partial charge in [-0.1, -0.05) is 0 Å². The molecule has 0 spiro atoms. The molecule has 0 fully saturated rings. The van der Waals surface area contributed by atoms with Crippen LogP contribution in [0.5, 0.6) is 11.5 Å². The van der Waals surface area contributed by atoms with Crippen LogP contribution in [-0.4, -0.2) is 19.2 Å². The normalized spacial score (nSPS) is 13.1. The van der Waals surface area contributed by atoms with Crippen molar-refractivity contribution in [3.63, 3.8) is 0 Å². The van der Waals surface area contributed by atoms with E-state index in [0.29, 0.717) is 17.1 Å². The molecule has 0 amide bonds. The van der Waals surface area contributed by atoms with Crippen LogP contribution >= 0.6 is 0 Å². The quantitative estimate of drug-likeness (QED) is 0.946. The van der Waals surface area contributed by atoms with E-state index in [2.05, 4.69) is 11.1 Å². The molecule has 0 bridgehead atoms. The lowest BCUT2D eigenvalue weighted by atomic mass is 9.86. The van der Waals surface area contributed by atoms with Crippen molar-refractivity contribution in [2.45, 2.75) is 25.7 Å². The Kier molecular flexibility index (Phi) is 4.07. The molecule has 1 aliphatic carbocycles. The second-order valence-electron chi connectivity index (χ2n) is 5.55. The smallest absolute Gasteiger partial charge is 0.266 e. The Morgan fingerprint density at radius 1 is 1.17 bits per heavy atom. The maximum Gasteiger partial charge on any atom is 0.266 e. The Balaban J connectivity index is 2.33. The number of hydrogen-bond acceptors (Lipinski definition) is 4. The summed E-state index contributed by atoms with van der Waals surface area (Å²) in [7, 11) is 3.16. The van der Waals surface area contributed by atoms with Crippen LogP contribution in [0.3, 0.4) is 0 Å². The maximum atomic E-state index is 12.3. The molecule has 0 saturated carbocycles. The van der Waals surface area contributed by atoms with Gasteiger partial charge in [-0.3, -0.25) is 4.79 Å². The lowest BCUT2D eigenvalue weighted by Gasteiger charge is -2.21. The predicted molar refractivity (Wildman–Crippen MR) is 87.0 cm³/mol. The fourth-order valence-electron chi connectivity index (χ4n) is 3.19. The molecule has 0 atom stereocenters. The topological polar surface area (TPSA) is 75.1 Å². The van der Waals surface area contributed by atoms with Crippen molar-refractivity contribution >= 4 is 0 Å². The van der Waals surface area contributed by atoms with E-state index in [1.165, 1.54) is 0 Å². The highest BCUT2D eigenvalue weighted by Gasteiger charge is 2.23. The van der Waals surface area contributed by atoms with Gasteiger partial charge in [0.2, 0.25) is 0 Å². The van der Waals surface area contributed by atoms with Gasteiger partial charge in [0.25, 0.3) is 5.56 Å². The Labute approximate surface area is 134 Å². The van der Waals surface area contributed by atoms with E-state index >= 15 is 0 Å². The van der Waals surface area contributed by atoms with Gasteiger partial charge in [-0.2, -0.15) is 5.26 Å². The van der Waals surface area contributed by atoms with Gasteiger partial charge in [-0.15, -0.1) is 0 Å². The van der Waals surface area contributed by atoms with Crippen molar-refractivity contribution in [1.29, 1.82) is 5.26 Å². The van der Waals surface area contributed by atoms with E-state index in [4.69, 9.17) is 9.47 Å². The van der Waals surface area contributed by atoms with Gasteiger partial charge in [-0.05, 0) is 43.4 Å². The van der Waals surface area contributed by atoms with E-state index in [1.807, 2.05) is 12.1 Å². The third-order valence-electron chi connectivity index (χ3n) is 4.30. The van der Waals surface area contributed by atoms with Gasteiger partial charge in [0.05, 0.1) is 14.2 Å². The van der Waals surface area contributed by atoms with Gasteiger partial charge in [0, 0.05) is 22.9 Å². The highest BCUT2D eigenvalue weighted by molar-refractivity contribution is 5.79. The predicted octanol–water partition coefficient (Wildman–Crippen LogP) is 2.81. The number of nitrogens with zero attached hydrogens (tertiary/aromatic N) is 1.